The van der Waals surface area contributed by atoms with Gasteiger partial charge in [-0.1, -0.05) is 12.1 Å². The number of rotatable bonds is 11. The van der Waals surface area contributed by atoms with Crippen molar-refractivity contribution in [2.75, 3.05) is 19.8 Å². The molecule has 1 N–H and O–H groups in total. The molecular weight excluding hydrogens is 434 g/mol. The number of hydrogen-bond acceptors (Lipinski definition) is 5. The van der Waals surface area contributed by atoms with Gasteiger partial charge in [-0.3, -0.25) is 4.79 Å². The SMILES string of the molecule is CC(C)(C)OCCC(C)(C)OCCOc1ccc(F)c(F)c1C(=O)c1ccc(C(=O)O)cc1. The third kappa shape index (κ3) is 7.91. The Bertz CT molecular complexity index is 978. The van der Waals surface area contributed by atoms with E-state index < -0.39 is 34.6 Å². The fourth-order valence-electron chi connectivity index (χ4n) is 2.92. The van der Waals surface area contributed by atoms with Crippen molar-refractivity contribution in [2.45, 2.75) is 52.2 Å². The summed E-state index contributed by atoms with van der Waals surface area (Å²) in [5.41, 5.74) is -1.33. The predicted molar refractivity (Wildman–Crippen MR) is 119 cm³/mol. The van der Waals surface area contributed by atoms with E-state index in [9.17, 15) is 18.4 Å². The molecule has 33 heavy (non-hydrogen) atoms. The highest BCUT2D eigenvalue weighted by Gasteiger charge is 2.24. The van der Waals surface area contributed by atoms with E-state index in [1.165, 1.54) is 30.3 Å². The van der Waals surface area contributed by atoms with Gasteiger partial charge < -0.3 is 19.3 Å². The summed E-state index contributed by atoms with van der Waals surface area (Å²) in [5.74, 6) is -4.63. The van der Waals surface area contributed by atoms with E-state index in [-0.39, 0.29) is 35.7 Å². The first-order valence-electron chi connectivity index (χ1n) is 10.6. The monoisotopic (exact) mass is 464 g/mol. The zero-order chi connectivity index (χ0) is 24.8. The van der Waals surface area contributed by atoms with Gasteiger partial charge in [-0.05, 0) is 65.3 Å². The van der Waals surface area contributed by atoms with Crippen LogP contribution in [0.1, 0.15) is 67.3 Å². The average molecular weight is 465 g/mol. The van der Waals surface area contributed by atoms with Gasteiger partial charge >= 0.3 is 5.97 Å². The first kappa shape index (κ1) is 26.4. The van der Waals surface area contributed by atoms with Crippen LogP contribution in [0.25, 0.3) is 0 Å². The Balaban J connectivity index is 2.05. The van der Waals surface area contributed by atoms with Crippen LogP contribution < -0.4 is 4.74 Å². The van der Waals surface area contributed by atoms with Crippen LogP contribution in [0.2, 0.25) is 0 Å². The van der Waals surface area contributed by atoms with E-state index in [0.717, 1.165) is 6.07 Å². The van der Waals surface area contributed by atoms with Gasteiger partial charge in [-0.2, -0.15) is 0 Å². The fourth-order valence-corrected chi connectivity index (χ4v) is 2.92. The van der Waals surface area contributed by atoms with Crippen LogP contribution in [0, 0.1) is 11.6 Å². The van der Waals surface area contributed by atoms with Crippen LogP contribution in [-0.2, 0) is 9.47 Å². The Labute approximate surface area is 192 Å². The third-order valence-electron chi connectivity index (χ3n) is 4.75. The Hall–Kier alpha value is -2.84. The number of carboxylic acid groups (broad SMARTS) is 1. The number of carbonyl (C=O) groups is 2. The summed E-state index contributed by atoms with van der Waals surface area (Å²) in [5, 5.41) is 8.98. The molecule has 0 aliphatic heterocycles. The second-order valence-electron chi connectivity index (χ2n) is 9.11. The lowest BCUT2D eigenvalue weighted by Crippen LogP contribution is -2.30. The standard InChI is InChI=1S/C25H30F2O6/c1-24(2,3)32-13-12-25(4,5)33-15-14-31-19-11-10-18(26)21(27)20(19)22(28)16-6-8-17(9-7-16)23(29)30/h6-11H,12-15H2,1-5H3,(H,29,30). The fraction of sp³-hybridized carbons (Fsp3) is 0.440. The maximum Gasteiger partial charge on any atom is 0.335 e. The third-order valence-corrected chi connectivity index (χ3v) is 4.75. The van der Waals surface area contributed by atoms with Crippen LogP contribution in [0.15, 0.2) is 36.4 Å². The first-order valence-corrected chi connectivity index (χ1v) is 10.6. The summed E-state index contributed by atoms with van der Waals surface area (Å²) < 4.78 is 45.5. The van der Waals surface area contributed by atoms with E-state index in [1.54, 1.807) is 0 Å². The predicted octanol–water partition coefficient (Wildman–Crippen LogP) is 5.27. The van der Waals surface area contributed by atoms with Crippen LogP contribution in [0.5, 0.6) is 5.75 Å². The van der Waals surface area contributed by atoms with Gasteiger partial charge in [0.05, 0.1) is 23.4 Å². The number of ether oxygens (including phenoxy) is 3. The van der Waals surface area contributed by atoms with E-state index in [1.807, 2.05) is 34.6 Å². The minimum atomic E-state index is -1.33. The van der Waals surface area contributed by atoms with Gasteiger partial charge in [0.15, 0.2) is 17.4 Å². The second kappa shape index (κ2) is 10.9. The number of hydrogen-bond donors (Lipinski definition) is 1. The van der Waals surface area contributed by atoms with E-state index in [0.29, 0.717) is 13.0 Å². The van der Waals surface area contributed by atoms with Crippen LogP contribution in [-0.4, -0.2) is 47.9 Å². The Kier molecular flexibility index (Phi) is 8.69. The maximum absolute atomic E-state index is 14.5. The molecule has 180 valence electrons. The molecule has 0 aromatic heterocycles. The van der Waals surface area contributed by atoms with Gasteiger partial charge in [-0.15, -0.1) is 0 Å². The van der Waals surface area contributed by atoms with Gasteiger partial charge in [0, 0.05) is 12.2 Å². The zero-order valence-electron chi connectivity index (χ0n) is 19.5. The van der Waals surface area contributed by atoms with Crippen molar-refractivity contribution in [3.05, 3.63) is 64.7 Å². The molecule has 2 rings (SSSR count). The van der Waals surface area contributed by atoms with Crippen molar-refractivity contribution in [3.63, 3.8) is 0 Å². The number of aromatic carboxylic acids is 1. The molecule has 0 aliphatic rings. The lowest BCUT2D eigenvalue weighted by Gasteiger charge is -2.28. The largest absolute Gasteiger partial charge is 0.490 e. The molecule has 0 radical (unpaired) electrons. The molecule has 6 nitrogen and oxygen atoms in total. The van der Waals surface area contributed by atoms with Crippen LogP contribution >= 0.6 is 0 Å². The smallest absolute Gasteiger partial charge is 0.335 e. The summed E-state index contributed by atoms with van der Waals surface area (Å²) in [7, 11) is 0. The number of ketones is 1. The molecule has 0 fully saturated rings. The van der Waals surface area contributed by atoms with Crippen molar-refractivity contribution in [1.29, 1.82) is 0 Å². The maximum atomic E-state index is 14.5. The molecule has 0 spiro atoms. The molecule has 0 saturated heterocycles. The van der Waals surface area contributed by atoms with E-state index >= 15 is 0 Å². The van der Waals surface area contributed by atoms with E-state index in [4.69, 9.17) is 19.3 Å². The Morgan fingerprint density at radius 2 is 1.45 bits per heavy atom. The number of halogens is 2. The molecule has 0 bridgehead atoms. The molecule has 2 aromatic carbocycles. The average Bonchev–Trinajstić information content (AvgIpc) is 2.72. The molecule has 0 heterocycles. The summed E-state index contributed by atoms with van der Waals surface area (Å²) in [6, 6.07) is 6.97. The summed E-state index contributed by atoms with van der Waals surface area (Å²) in [6.45, 7) is 10.4. The molecule has 0 amide bonds. The summed E-state index contributed by atoms with van der Waals surface area (Å²) in [4.78, 5) is 23.8. The molecule has 0 unspecified atom stereocenters. The normalized spacial score (nSPS) is 12.0. The van der Waals surface area contributed by atoms with Crippen molar-refractivity contribution in [2.24, 2.45) is 0 Å². The molecular formula is C25H30F2O6. The van der Waals surface area contributed by atoms with Gasteiger partial charge in [0.1, 0.15) is 17.9 Å². The summed E-state index contributed by atoms with van der Waals surface area (Å²) >= 11 is 0. The topological polar surface area (TPSA) is 82.1 Å². The zero-order valence-corrected chi connectivity index (χ0v) is 19.5. The summed E-state index contributed by atoms with van der Waals surface area (Å²) in [6.07, 6.45) is 0.644. The van der Waals surface area contributed by atoms with E-state index in [2.05, 4.69) is 0 Å². The molecule has 2 aromatic rings. The minimum absolute atomic E-state index is 0.00517. The highest BCUT2D eigenvalue weighted by molar-refractivity contribution is 6.11. The number of benzene rings is 2. The van der Waals surface area contributed by atoms with Crippen LogP contribution in [0.4, 0.5) is 8.78 Å². The van der Waals surface area contributed by atoms with Crippen molar-refractivity contribution in [3.8, 4) is 5.75 Å². The second-order valence-corrected chi connectivity index (χ2v) is 9.11. The molecule has 0 atom stereocenters. The van der Waals surface area contributed by atoms with Crippen molar-refractivity contribution in [1.82, 2.24) is 0 Å². The van der Waals surface area contributed by atoms with Crippen LogP contribution in [0.3, 0.4) is 0 Å². The van der Waals surface area contributed by atoms with Crippen molar-refractivity contribution < 1.29 is 37.7 Å². The first-order chi connectivity index (χ1) is 15.3. The van der Waals surface area contributed by atoms with Gasteiger partial charge in [-0.25, -0.2) is 13.6 Å². The highest BCUT2D eigenvalue weighted by atomic mass is 19.2. The number of carbonyl (C=O) groups excluding carboxylic acids is 1. The van der Waals surface area contributed by atoms with Gasteiger partial charge in [0.2, 0.25) is 0 Å². The lowest BCUT2D eigenvalue weighted by molar-refractivity contribution is -0.0717. The quantitative estimate of drug-likeness (QED) is 0.360. The lowest BCUT2D eigenvalue weighted by atomic mass is 10.0. The highest BCUT2D eigenvalue weighted by Crippen LogP contribution is 2.27. The number of carboxylic acids is 1. The minimum Gasteiger partial charge on any atom is -0.490 e. The molecule has 8 heteroatoms. The Morgan fingerprint density at radius 1 is 0.848 bits per heavy atom. The Morgan fingerprint density at radius 3 is 2.03 bits per heavy atom. The van der Waals surface area contributed by atoms with Crippen molar-refractivity contribution >= 4 is 11.8 Å². The molecule has 0 saturated carbocycles. The van der Waals surface area contributed by atoms with Gasteiger partial charge in [0.25, 0.3) is 0 Å². The molecule has 0 aliphatic carbocycles.